The second-order valence-corrected chi connectivity index (χ2v) is 5.24. The summed E-state index contributed by atoms with van der Waals surface area (Å²) in [4.78, 5) is 4.03. The summed E-state index contributed by atoms with van der Waals surface area (Å²) in [6, 6.07) is 5.16. The van der Waals surface area contributed by atoms with E-state index in [1.54, 1.807) is 0 Å². The van der Waals surface area contributed by atoms with Crippen LogP contribution in [0.3, 0.4) is 0 Å². The Hall–Kier alpha value is -0.380. The van der Waals surface area contributed by atoms with Crippen molar-refractivity contribution in [1.82, 2.24) is 4.90 Å². The SMILES string of the molecule is OCCCCN(Cc1cccs1)C1CC1. The number of aliphatic hydroxyl groups is 1. The molecule has 1 fully saturated rings. The smallest absolute Gasteiger partial charge is 0.0431 e. The minimum atomic E-state index is 0.331. The summed E-state index contributed by atoms with van der Waals surface area (Å²) in [7, 11) is 0. The molecule has 0 unspecified atom stereocenters. The van der Waals surface area contributed by atoms with E-state index in [-0.39, 0.29) is 0 Å². The molecule has 0 spiro atoms. The Balaban J connectivity index is 1.78. The van der Waals surface area contributed by atoms with Crippen molar-refractivity contribution in [1.29, 1.82) is 0 Å². The molecule has 0 amide bonds. The molecule has 0 aliphatic heterocycles. The molecular formula is C12H19NOS. The van der Waals surface area contributed by atoms with Crippen molar-refractivity contribution in [2.45, 2.75) is 38.3 Å². The van der Waals surface area contributed by atoms with Crippen LogP contribution in [0.25, 0.3) is 0 Å². The van der Waals surface area contributed by atoms with Crippen molar-refractivity contribution in [2.24, 2.45) is 0 Å². The van der Waals surface area contributed by atoms with Gasteiger partial charge in [0.1, 0.15) is 0 Å². The quantitative estimate of drug-likeness (QED) is 0.721. The average Bonchev–Trinajstić information content (AvgIpc) is 2.97. The van der Waals surface area contributed by atoms with Gasteiger partial charge in [0.15, 0.2) is 0 Å². The Morgan fingerprint density at radius 3 is 2.87 bits per heavy atom. The highest BCUT2D eigenvalue weighted by Gasteiger charge is 2.28. The Bertz CT molecular complexity index is 269. The van der Waals surface area contributed by atoms with Gasteiger partial charge in [-0.15, -0.1) is 11.3 Å². The minimum absolute atomic E-state index is 0.331. The van der Waals surface area contributed by atoms with Crippen LogP contribution in [-0.4, -0.2) is 29.2 Å². The summed E-state index contributed by atoms with van der Waals surface area (Å²) >= 11 is 1.84. The normalized spacial score (nSPS) is 16.1. The van der Waals surface area contributed by atoms with Crippen molar-refractivity contribution in [3.63, 3.8) is 0 Å². The molecule has 1 aliphatic carbocycles. The lowest BCUT2D eigenvalue weighted by atomic mass is 10.3. The topological polar surface area (TPSA) is 23.5 Å². The lowest BCUT2D eigenvalue weighted by Gasteiger charge is -2.20. The maximum Gasteiger partial charge on any atom is 0.0431 e. The van der Waals surface area contributed by atoms with Gasteiger partial charge in [0.2, 0.25) is 0 Å². The Morgan fingerprint density at radius 1 is 1.40 bits per heavy atom. The molecule has 1 aliphatic rings. The lowest BCUT2D eigenvalue weighted by molar-refractivity contribution is 0.230. The molecular weight excluding hydrogens is 206 g/mol. The zero-order valence-electron chi connectivity index (χ0n) is 9.06. The van der Waals surface area contributed by atoms with E-state index in [1.165, 1.54) is 17.7 Å². The van der Waals surface area contributed by atoms with Gasteiger partial charge in [-0.05, 0) is 43.7 Å². The number of thiophene rings is 1. The molecule has 1 aromatic heterocycles. The summed E-state index contributed by atoms with van der Waals surface area (Å²) in [6.07, 6.45) is 4.79. The van der Waals surface area contributed by atoms with Crippen LogP contribution in [0.1, 0.15) is 30.6 Å². The van der Waals surface area contributed by atoms with Crippen molar-refractivity contribution in [3.05, 3.63) is 22.4 Å². The van der Waals surface area contributed by atoms with Gasteiger partial charge >= 0.3 is 0 Å². The number of unbranched alkanes of at least 4 members (excludes halogenated alkanes) is 1. The third-order valence-corrected chi connectivity index (χ3v) is 3.72. The van der Waals surface area contributed by atoms with E-state index in [0.29, 0.717) is 6.61 Å². The fraction of sp³-hybridized carbons (Fsp3) is 0.667. The first kappa shape index (κ1) is 11.1. The number of hydrogen-bond donors (Lipinski definition) is 1. The molecule has 0 radical (unpaired) electrons. The molecule has 0 saturated heterocycles. The van der Waals surface area contributed by atoms with Gasteiger partial charge in [0.05, 0.1) is 0 Å². The average molecular weight is 225 g/mol. The predicted octanol–water partition coefficient (Wildman–Crippen LogP) is 2.49. The van der Waals surface area contributed by atoms with Crippen LogP contribution in [0.5, 0.6) is 0 Å². The second-order valence-electron chi connectivity index (χ2n) is 4.21. The maximum absolute atomic E-state index is 8.77. The molecule has 1 heterocycles. The van der Waals surface area contributed by atoms with Crippen LogP contribution in [0, 0.1) is 0 Å². The van der Waals surface area contributed by atoms with Crippen LogP contribution in [0.15, 0.2) is 17.5 Å². The van der Waals surface area contributed by atoms with Gasteiger partial charge in [-0.2, -0.15) is 0 Å². The van der Waals surface area contributed by atoms with Crippen molar-refractivity contribution in [2.75, 3.05) is 13.2 Å². The van der Waals surface area contributed by atoms with Crippen LogP contribution in [0.2, 0.25) is 0 Å². The molecule has 84 valence electrons. The Kier molecular flexibility index (Phi) is 4.18. The highest BCUT2D eigenvalue weighted by atomic mass is 32.1. The number of aliphatic hydroxyl groups excluding tert-OH is 1. The third-order valence-electron chi connectivity index (χ3n) is 2.86. The zero-order valence-corrected chi connectivity index (χ0v) is 9.88. The zero-order chi connectivity index (χ0) is 10.5. The molecule has 15 heavy (non-hydrogen) atoms. The van der Waals surface area contributed by atoms with Crippen LogP contribution < -0.4 is 0 Å². The van der Waals surface area contributed by atoms with Gasteiger partial charge in [0, 0.05) is 24.1 Å². The van der Waals surface area contributed by atoms with Crippen LogP contribution in [-0.2, 0) is 6.54 Å². The van der Waals surface area contributed by atoms with Gasteiger partial charge in [-0.25, -0.2) is 0 Å². The molecule has 2 rings (SSSR count). The van der Waals surface area contributed by atoms with Gasteiger partial charge in [-0.1, -0.05) is 6.07 Å². The number of hydrogen-bond acceptors (Lipinski definition) is 3. The first-order chi connectivity index (χ1) is 7.40. The lowest BCUT2D eigenvalue weighted by Crippen LogP contribution is -2.26. The summed E-state index contributed by atoms with van der Waals surface area (Å²) in [5.74, 6) is 0. The van der Waals surface area contributed by atoms with E-state index in [4.69, 9.17) is 5.11 Å². The third kappa shape index (κ3) is 3.59. The summed E-state index contributed by atoms with van der Waals surface area (Å²) in [5, 5.41) is 10.9. The largest absolute Gasteiger partial charge is 0.396 e. The van der Waals surface area contributed by atoms with Crippen molar-refractivity contribution < 1.29 is 5.11 Å². The Labute approximate surface area is 95.5 Å². The highest BCUT2D eigenvalue weighted by molar-refractivity contribution is 7.09. The molecule has 0 aromatic carbocycles. The van der Waals surface area contributed by atoms with E-state index in [2.05, 4.69) is 22.4 Å². The summed E-state index contributed by atoms with van der Waals surface area (Å²) < 4.78 is 0. The summed E-state index contributed by atoms with van der Waals surface area (Å²) in [6.45, 7) is 2.58. The molecule has 0 atom stereocenters. The molecule has 0 bridgehead atoms. The maximum atomic E-state index is 8.77. The number of nitrogens with zero attached hydrogens (tertiary/aromatic N) is 1. The van der Waals surface area contributed by atoms with Gasteiger partial charge < -0.3 is 5.11 Å². The monoisotopic (exact) mass is 225 g/mol. The molecule has 1 aromatic rings. The standard InChI is InChI=1S/C12H19NOS/c14-8-2-1-7-13(11-5-6-11)10-12-4-3-9-15-12/h3-4,9,11,14H,1-2,5-8,10H2. The first-order valence-electron chi connectivity index (χ1n) is 5.77. The first-order valence-corrected chi connectivity index (χ1v) is 6.65. The van der Waals surface area contributed by atoms with Crippen LogP contribution in [0.4, 0.5) is 0 Å². The Morgan fingerprint density at radius 2 is 2.27 bits per heavy atom. The highest BCUT2D eigenvalue weighted by Crippen LogP contribution is 2.29. The van der Waals surface area contributed by atoms with Crippen LogP contribution >= 0.6 is 11.3 Å². The molecule has 1 saturated carbocycles. The molecule has 1 N–H and O–H groups in total. The van der Waals surface area contributed by atoms with Gasteiger partial charge in [-0.3, -0.25) is 4.90 Å². The minimum Gasteiger partial charge on any atom is -0.396 e. The van der Waals surface area contributed by atoms with E-state index in [9.17, 15) is 0 Å². The molecule has 3 heteroatoms. The van der Waals surface area contributed by atoms with E-state index in [0.717, 1.165) is 32.0 Å². The predicted molar refractivity (Wildman–Crippen MR) is 64.1 cm³/mol. The van der Waals surface area contributed by atoms with Gasteiger partial charge in [0.25, 0.3) is 0 Å². The fourth-order valence-corrected chi connectivity index (χ4v) is 2.59. The van der Waals surface area contributed by atoms with Crippen molar-refractivity contribution >= 4 is 11.3 Å². The van der Waals surface area contributed by atoms with E-state index < -0.39 is 0 Å². The second kappa shape index (κ2) is 5.64. The number of rotatable bonds is 7. The van der Waals surface area contributed by atoms with Crippen molar-refractivity contribution in [3.8, 4) is 0 Å². The fourth-order valence-electron chi connectivity index (χ4n) is 1.86. The molecule has 2 nitrogen and oxygen atoms in total. The van der Waals surface area contributed by atoms with E-state index >= 15 is 0 Å². The van der Waals surface area contributed by atoms with E-state index in [1.807, 2.05) is 11.3 Å². The summed E-state index contributed by atoms with van der Waals surface area (Å²) in [5.41, 5.74) is 0.